The van der Waals surface area contributed by atoms with E-state index in [1.807, 2.05) is 6.92 Å². The molecule has 1 saturated carbocycles. The van der Waals surface area contributed by atoms with Gasteiger partial charge in [-0.25, -0.2) is 4.99 Å². The molecule has 0 spiro atoms. The molecule has 4 nitrogen and oxygen atoms in total. The fourth-order valence-corrected chi connectivity index (χ4v) is 3.71. The van der Waals surface area contributed by atoms with E-state index >= 15 is 0 Å². The van der Waals surface area contributed by atoms with Gasteiger partial charge in [0.15, 0.2) is 5.62 Å². The number of aliphatic imine (C=N–C) groups is 1. The topological polar surface area (TPSA) is 49.3 Å². The molecule has 1 aromatic heterocycles. The van der Waals surface area contributed by atoms with E-state index in [0.29, 0.717) is 6.04 Å². The van der Waals surface area contributed by atoms with E-state index in [4.69, 9.17) is 11.6 Å². The standard InChI is InChI=1S/C12H17ClN4S/c1-7-9-10(14-8-5-3-2-4-6-8)15-12(13)16-11(9)18-17-7/h8,12,16H,2-6H2,1H3,(H,14,15). The van der Waals surface area contributed by atoms with Crippen molar-refractivity contribution in [2.45, 2.75) is 50.7 Å². The summed E-state index contributed by atoms with van der Waals surface area (Å²) in [4.78, 5) is 4.48. The van der Waals surface area contributed by atoms with E-state index in [0.717, 1.165) is 22.1 Å². The third-order valence-electron chi connectivity index (χ3n) is 3.54. The van der Waals surface area contributed by atoms with E-state index in [9.17, 15) is 0 Å². The third-order valence-corrected chi connectivity index (χ3v) is 4.61. The molecule has 2 aliphatic rings. The van der Waals surface area contributed by atoms with Crippen molar-refractivity contribution in [3.63, 3.8) is 0 Å². The van der Waals surface area contributed by atoms with Gasteiger partial charge < -0.3 is 10.6 Å². The van der Waals surface area contributed by atoms with Crippen LogP contribution in [0.4, 0.5) is 5.00 Å². The average Bonchev–Trinajstić information content (AvgIpc) is 2.72. The van der Waals surface area contributed by atoms with Crippen LogP contribution in [0.25, 0.3) is 0 Å². The Balaban J connectivity index is 1.82. The summed E-state index contributed by atoms with van der Waals surface area (Å²) in [6.45, 7) is 2.02. The number of aryl methyl sites for hydroxylation is 1. The number of amidine groups is 1. The molecule has 0 amide bonds. The van der Waals surface area contributed by atoms with Crippen LogP contribution in [0, 0.1) is 6.92 Å². The Hall–Kier alpha value is -0.810. The maximum absolute atomic E-state index is 6.11. The van der Waals surface area contributed by atoms with E-state index in [1.54, 1.807) is 0 Å². The predicted octanol–water partition coefficient (Wildman–Crippen LogP) is 3.07. The Labute approximate surface area is 116 Å². The number of aromatic nitrogens is 1. The quantitative estimate of drug-likeness (QED) is 0.615. The summed E-state index contributed by atoms with van der Waals surface area (Å²) in [5.74, 6) is 0.918. The van der Waals surface area contributed by atoms with Crippen LogP contribution in [0.1, 0.15) is 43.4 Å². The summed E-state index contributed by atoms with van der Waals surface area (Å²) in [5.41, 5.74) is 1.74. The van der Waals surface area contributed by atoms with Crippen molar-refractivity contribution in [3.8, 4) is 0 Å². The van der Waals surface area contributed by atoms with Gasteiger partial charge in [0.25, 0.3) is 0 Å². The number of hydrogen-bond acceptors (Lipinski definition) is 5. The van der Waals surface area contributed by atoms with Crippen molar-refractivity contribution < 1.29 is 0 Å². The summed E-state index contributed by atoms with van der Waals surface area (Å²) in [5, 5.41) is 7.73. The first-order valence-corrected chi connectivity index (χ1v) is 7.66. The second-order valence-corrected chi connectivity index (χ2v) is 6.10. The van der Waals surface area contributed by atoms with Crippen LogP contribution in [0.15, 0.2) is 4.99 Å². The van der Waals surface area contributed by atoms with Crippen molar-refractivity contribution >= 4 is 34.0 Å². The summed E-state index contributed by atoms with van der Waals surface area (Å²) >= 11 is 7.56. The largest absolute Gasteiger partial charge is 0.367 e. The van der Waals surface area contributed by atoms with Crippen LogP contribution in [0.5, 0.6) is 0 Å². The van der Waals surface area contributed by atoms with Crippen molar-refractivity contribution in [1.29, 1.82) is 0 Å². The first kappa shape index (κ1) is 12.2. The Bertz CT molecular complexity index is 465. The second-order valence-electron chi connectivity index (χ2n) is 4.91. The number of halogens is 1. The number of nitrogens with zero attached hydrogens (tertiary/aromatic N) is 2. The number of hydrogen-bond donors (Lipinski definition) is 2. The van der Waals surface area contributed by atoms with Crippen molar-refractivity contribution in [1.82, 2.24) is 9.69 Å². The Morgan fingerprint density at radius 1 is 1.33 bits per heavy atom. The predicted molar refractivity (Wildman–Crippen MR) is 76.7 cm³/mol. The first-order chi connectivity index (χ1) is 8.74. The SMILES string of the molecule is Cc1nsc2c1C(NC1CCCCC1)=NC(Cl)N2. The molecule has 0 aromatic carbocycles. The van der Waals surface area contributed by atoms with Gasteiger partial charge in [-0.2, -0.15) is 4.37 Å². The molecule has 1 aliphatic carbocycles. The van der Waals surface area contributed by atoms with Crippen LogP contribution in [-0.2, 0) is 0 Å². The second kappa shape index (κ2) is 5.05. The maximum atomic E-state index is 6.11. The highest BCUT2D eigenvalue weighted by atomic mass is 35.5. The number of rotatable bonds is 1. The smallest absolute Gasteiger partial charge is 0.198 e. The molecule has 1 aromatic rings. The van der Waals surface area contributed by atoms with Crippen LogP contribution in [0.2, 0.25) is 0 Å². The van der Waals surface area contributed by atoms with Gasteiger partial charge in [0.2, 0.25) is 0 Å². The number of nitrogens with one attached hydrogen (secondary N) is 2. The zero-order chi connectivity index (χ0) is 12.5. The van der Waals surface area contributed by atoms with Crippen molar-refractivity contribution in [2.75, 3.05) is 5.32 Å². The van der Waals surface area contributed by atoms with Gasteiger partial charge in [-0.05, 0) is 31.3 Å². The van der Waals surface area contributed by atoms with E-state index < -0.39 is 0 Å². The summed E-state index contributed by atoms with van der Waals surface area (Å²) in [6, 6.07) is 0.534. The number of anilines is 1. The minimum Gasteiger partial charge on any atom is -0.367 e. The summed E-state index contributed by atoms with van der Waals surface area (Å²) in [6.07, 6.45) is 6.42. The highest BCUT2D eigenvalue weighted by molar-refractivity contribution is 7.10. The van der Waals surface area contributed by atoms with Crippen LogP contribution in [0.3, 0.4) is 0 Å². The minimum atomic E-state index is -0.386. The molecule has 98 valence electrons. The molecule has 1 aliphatic heterocycles. The van der Waals surface area contributed by atoms with Gasteiger partial charge in [-0.1, -0.05) is 30.9 Å². The van der Waals surface area contributed by atoms with E-state index in [-0.39, 0.29) is 5.62 Å². The van der Waals surface area contributed by atoms with Gasteiger partial charge in [0, 0.05) is 6.04 Å². The molecular weight excluding hydrogens is 268 g/mol. The molecule has 0 radical (unpaired) electrons. The van der Waals surface area contributed by atoms with Gasteiger partial charge in [-0.15, -0.1) is 0 Å². The van der Waals surface area contributed by atoms with Crippen LogP contribution >= 0.6 is 23.1 Å². The molecule has 2 N–H and O–H groups in total. The molecule has 3 rings (SSSR count). The molecule has 0 saturated heterocycles. The molecule has 0 bridgehead atoms. The van der Waals surface area contributed by atoms with E-state index in [1.165, 1.54) is 43.6 Å². The fraction of sp³-hybridized carbons (Fsp3) is 0.667. The molecule has 1 atom stereocenters. The van der Waals surface area contributed by atoms with Crippen molar-refractivity contribution in [2.24, 2.45) is 4.99 Å². The molecule has 2 heterocycles. The fourth-order valence-electron chi connectivity index (χ4n) is 2.62. The van der Waals surface area contributed by atoms with Gasteiger partial charge in [0.05, 0.1) is 11.3 Å². The van der Waals surface area contributed by atoms with Crippen LogP contribution < -0.4 is 10.6 Å². The van der Waals surface area contributed by atoms with Crippen molar-refractivity contribution in [3.05, 3.63) is 11.3 Å². The Morgan fingerprint density at radius 2 is 2.11 bits per heavy atom. The zero-order valence-corrected chi connectivity index (χ0v) is 11.9. The van der Waals surface area contributed by atoms with Crippen LogP contribution in [-0.4, -0.2) is 21.9 Å². The van der Waals surface area contributed by atoms with Gasteiger partial charge in [0.1, 0.15) is 10.8 Å². The number of fused-ring (bicyclic) bond motifs is 1. The molecule has 1 unspecified atom stereocenters. The molecule has 1 fully saturated rings. The molecule has 6 heteroatoms. The monoisotopic (exact) mass is 284 g/mol. The lowest BCUT2D eigenvalue weighted by molar-refractivity contribution is 0.413. The Morgan fingerprint density at radius 3 is 2.89 bits per heavy atom. The normalized spacial score (nSPS) is 24.1. The highest BCUT2D eigenvalue weighted by Gasteiger charge is 2.25. The minimum absolute atomic E-state index is 0.386. The lowest BCUT2D eigenvalue weighted by atomic mass is 9.95. The zero-order valence-electron chi connectivity index (χ0n) is 10.4. The third kappa shape index (κ3) is 2.34. The highest BCUT2D eigenvalue weighted by Crippen LogP contribution is 2.30. The summed E-state index contributed by atoms with van der Waals surface area (Å²) in [7, 11) is 0. The summed E-state index contributed by atoms with van der Waals surface area (Å²) < 4.78 is 4.38. The Kier molecular flexibility index (Phi) is 3.43. The molecule has 18 heavy (non-hydrogen) atoms. The van der Waals surface area contributed by atoms with Gasteiger partial charge in [-0.3, -0.25) is 0 Å². The first-order valence-electron chi connectivity index (χ1n) is 6.45. The lowest BCUT2D eigenvalue weighted by Gasteiger charge is -2.27. The van der Waals surface area contributed by atoms with E-state index in [2.05, 4.69) is 20.0 Å². The molecular formula is C12H17ClN4S. The number of alkyl halides is 1. The van der Waals surface area contributed by atoms with Gasteiger partial charge >= 0.3 is 0 Å². The average molecular weight is 285 g/mol. The lowest BCUT2D eigenvalue weighted by Crippen LogP contribution is -2.39. The maximum Gasteiger partial charge on any atom is 0.198 e.